The predicted molar refractivity (Wildman–Crippen MR) is 70.0 cm³/mol. The van der Waals surface area contributed by atoms with E-state index >= 15 is 0 Å². The quantitative estimate of drug-likeness (QED) is 0.918. The molecule has 20 heavy (non-hydrogen) atoms. The number of furan rings is 1. The van der Waals surface area contributed by atoms with Crippen LogP contribution in [0.5, 0.6) is 0 Å². The molecule has 2 heterocycles. The number of nitrogens with zero attached hydrogens (tertiary/aromatic N) is 1. The van der Waals surface area contributed by atoms with Gasteiger partial charge in [0.15, 0.2) is 0 Å². The molecule has 2 unspecified atom stereocenters. The van der Waals surface area contributed by atoms with Gasteiger partial charge in [-0.2, -0.15) is 4.31 Å². The number of hydrogen-bond acceptors (Lipinski definition) is 4. The summed E-state index contributed by atoms with van der Waals surface area (Å²) < 4.78 is 31.7. The highest BCUT2D eigenvalue weighted by Crippen LogP contribution is 2.40. The first-order valence-corrected chi connectivity index (χ1v) is 8.17. The van der Waals surface area contributed by atoms with E-state index in [1.54, 1.807) is 0 Å². The molecule has 2 atom stereocenters. The molecule has 3 rings (SSSR count). The van der Waals surface area contributed by atoms with E-state index in [1.807, 2.05) is 0 Å². The van der Waals surface area contributed by atoms with E-state index in [4.69, 9.17) is 9.52 Å². The van der Waals surface area contributed by atoms with Crippen LogP contribution in [0.4, 0.5) is 0 Å². The van der Waals surface area contributed by atoms with Crippen LogP contribution in [0.2, 0.25) is 0 Å². The van der Waals surface area contributed by atoms with Crippen LogP contribution in [-0.2, 0) is 10.0 Å². The smallest absolute Gasteiger partial charge is 0.371 e. The van der Waals surface area contributed by atoms with Crippen molar-refractivity contribution in [3.8, 4) is 0 Å². The Bertz CT molecular complexity index is 636. The highest BCUT2D eigenvalue weighted by atomic mass is 32.2. The highest BCUT2D eigenvalue weighted by molar-refractivity contribution is 7.89. The van der Waals surface area contributed by atoms with Crippen LogP contribution in [-0.4, -0.2) is 36.9 Å². The van der Waals surface area contributed by atoms with Gasteiger partial charge in [0.25, 0.3) is 0 Å². The summed E-state index contributed by atoms with van der Waals surface area (Å²) >= 11 is 0. The second-order valence-corrected chi connectivity index (χ2v) is 7.52. The second-order valence-electron chi connectivity index (χ2n) is 5.61. The maximum atomic E-state index is 12.6. The lowest BCUT2D eigenvalue weighted by Gasteiger charge is -2.16. The van der Waals surface area contributed by atoms with Crippen LogP contribution in [0.1, 0.15) is 35.6 Å². The summed E-state index contributed by atoms with van der Waals surface area (Å²) in [7, 11) is -3.65. The molecule has 1 N–H and O–H groups in total. The predicted octanol–water partition coefficient (Wildman–Crippen LogP) is 1.71. The standard InChI is InChI=1S/C13H17NO5S/c1-8-12(5-11(19-8)13(15)16)20(17,18)14-6-9-3-2-4-10(9)7-14/h5,9-10H,2-4,6-7H2,1H3,(H,15,16). The summed E-state index contributed by atoms with van der Waals surface area (Å²) in [6.07, 6.45) is 3.35. The molecule has 1 saturated carbocycles. The molecule has 0 amide bonds. The summed E-state index contributed by atoms with van der Waals surface area (Å²) in [5.74, 6) is -0.542. The molecule has 0 spiro atoms. The zero-order chi connectivity index (χ0) is 14.5. The molecule has 7 heteroatoms. The molecule has 0 radical (unpaired) electrons. The third-order valence-electron chi connectivity index (χ3n) is 4.39. The first-order valence-electron chi connectivity index (χ1n) is 6.73. The average molecular weight is 299 g/mol. The zero-order valence-electron chi connectivity index (χ0n) is 11.2. The molecule has 1 aromatic heterocycles. The number of fused-ring (bicyclic) bond motifs is 1. The van der Waals surface area contributed by atoms with Gasteiger partial charge in [-0.1, -0.05) is 6.42 Å². The van der Waals surface area contributed by atoms with E-state index in [0.29, 0.717) is 24.9 Å². The average Bonchev–Trinajstić information content (AvgIpc) is 3.00. The molecule has 110 valence electrons. The van der Waals surface area contributed by atoms with Crippen LogP contribution in [0, 0.1) is 18.8 Å². The summed E-state index contributed by atoms with van der Waals surface area (Å²) in [4.78, 5) is 10.9. The summed E-state index contributed by atoms with van der Waals surface area (Å²) in [5, 5.41) is 8.88. The molecule has 1 aliphatic carbocycles. The van der Waals surface area contributed by atoms with Crippen molar-refractivity contribution < 1.29 is 22.7 Å². The number of rotatable bonds is 3. The maximum absolute atomic E-state index is 12.6. The van der Waals surface area contributed by atoms with Crippen molar-refractivity contribution in [3.05, 3.63) is 17.6 Å². The van der Waals surface area contributed by atoms with Gasteiger partial charge in [-0.25, -0.2) is 13.2 Å². The van der Waals surface area contributed by atoms with E-state index in [0.717, 1.165) is 18.9 Å². The highest BCUT2D eigenvalue weighted by Gasteiger charge is 2.42. The van der Waals surface area contributed by atoms with E-state index in [9.17, 15) is 13.2 Å². The van der Waals surface area contributed by atoms with Gasteiger partial charge < -0.3 is 9.52 Å². The van der Waals surface area contributed by atoms with Gasteiger partial charge in [0.05, 0.1) is 0 Å². The van der Waals surface area contributed by atoms with Crippen LogP contribution in [0.3, 0.4) is 0 Å². The molecule has 1 aromatic rings. The number of carbonyl (C=O) groups is 1. The fourth-order valence-electron chi connectivity index (χ4n) is 3.35. The molecule has 6 nitrogen and oxygen atoms in total. The molecular weight excluding hydrogens is 282 g/mol. The van der Waals surface area contributed by atoms with Crippen molar-refractivity contribution in [2.75, 3.05) is 13.1 Å². The molecule has 2 aliphatic rings. The maximum Gasteiger partial charge on any atom is 0.371 e. The topological polar surface area (TPSA) is 87.8 Å². The van der Waals surface area contributed by atoms with E-state index in [1.165, 1.54) is 17.6 Å². The number of carboxylic acid groups (broad SMARTS) is 1. The first kappa shape index (κ1) is 13.6. The van der Waals surface area contributed by atoms with Crippen molar-refractivity contribution in [1.82, 2.24) is 4.31 Å². The van der Waals surface area contributed by atoms with E-state index < -0.39 is 16.0 Å². The van der Waals surface area contributed by atoms with Crippen LogP contribution < -0.4 is 0 Å². The zero-order valence-corrected chi connectivity index (χ0v) is 12.0. The van der Waals surface area contributed by atoms with Crippen molar-refractivity contribution in [2.24, 2.45) is 11.8 Å². The van der Waals surface area contributed by atoms with E-state index in [2.05, 4.69) is 0 Å². The molecule has 0 aromatic carbocycles. The Morgan fingerprint density at radius 3 is 2.45 bits per heavy atom. The minimum Gasteiger partial charge on any atom is -0.475 e. The van der Waals surface area contributed by atoms with Crippen molar-refractivity contribution in [3.63, 3.8) is 0 Å². The fourth-order valence-corrected chi connectivity index (χ4v) is 5.07. The largest absolute Gasteiger partial charge is 0.475 e. The number of carboxylic acids is 1. The van der Waals surface area contributed by atoms with Gasteiger partial charge in [-0.05, 0) is 31.6 Å². The second kappa shape index (κ2) is 4.60. The Morgan fingerprint density at radius 1 is 1.35 bits per heavy atom. The monoisotopic (exact) mass is 299 g/mol. The summed E-state index contributed by atoms with van der Waals surface area (Å²) in [6.45, 7) is 2.57. The van der Waals surface area contributed by atoms with Gasteiger partial charge in [-0.15, -0.1) is 0 Å². The Labute approximate surface area is 117 Å². The Morgan fingerprint density at radius 2 is 1.95 bits per heavy atom. The van der Waals surface area contributed by atoms with Crippen molar-refractivity contribution in [2.45, 2.75) is 31.1 Å². The lowest BCUT2D eigenvalue weighted by atomic mass is 10.0. The number of aromatic carboxylic acids is 1. The minimum atomic E-state index is -3.65. The molecule has 2 fully saturated rings. The third kappa shape index (κ3) is 2.05. The Balaban J connectivity index is 1.91. The van der Waals surface area contributed by atoms with Gasteiger partial charge in [0.2, 0.25) is 15.8 Å². The number of sulfonamides is 1. The minimum absolute atomic E-state index is 0.0186. The lowest BCUT2D eigenvalue weighted by molar-refractivity contribution is 0.0661. The number of aryl methyl sites for hydroxylation is 1. The molecule has 1 saturated heterocycles. The van der Waals surface area contributed by atoms with Crippen molar-refractivity contribution >= 4 is 16.0 Å². The molecule has 0 bridgehead atoms. The summed E-state index contributed by atoms with van der Waals surface area (Å²) in [6, 6.07) is 1.11. The van der Waals surface area contributed by atoms with Crippen LogP contribution in [0.15, 0.2) is 15.4 Å². The summed E-state index contributed by atoms with van der Waals surface area (Å²) in [5.41, 5.74) is 0. The Kier molecular flexibility index (Phi) is 3.13. The third-order valence-corrected chi connectivity index (χ3v) is 6.33. The number of hydrogen-bond donors (Lipinski definition) is 1. The van der Waals surface area contributed by atoms with Gasteiger partial charge in [0.1, 0.15) is 10.7 Å². The molecular formula is C13H17NO5S. The van der Waals surface area contributed by atoms with Gasteiger partial charge >= 0.3 is 5.97 Å². The van der Waals surface area contributed by atoms with E-state index in [-0.39, 0.29) is 16.4 Å². The van der Waals surface area contributed by atoms with Crippen molar-refractivity contribution in [1.29, 1.82) is 0 Å². The normalized spacial score (nSPS) is 26.9. The lowest BCUT2D eigenvalue weighted by Crippen LogP contribution is -2.29. The Hall–Kier alpha value is -1.34. The van der Waals surface area contributed by atoms with Crippen LogP contribution in [0.25, 0.3) is 0 Å². The van der Waals surface area contributed by atoms with Gasteiger partial charge in [-0.3, -0.25) is 0 Å². The SMILES string of the molecule is Cc1oc(C(=O)O)cc1S(=O)(=O)N1CC2CCCC2C1. The van der Waals surface area contributed by atoms with Gasteiger partial charge in [0, 0.05) is 19.2 Å². The van der Waals surface area contributed by atoms with Crippen LogP contribution >= 0.6 is 0 Å². The fraction of sp³-hybridized carbons (Fsp3) is 0.615. The molecule has 1 aliphatic heterocycles. The first-order chi connectivity index (χ1) is 9.39.